The first-order valence-electron chi connectivity index (χ1n) is 4.80. The van der Waals surface area contributed by atoms with Crippen molar-refractivity contribution in [3.63, 3.8) is 0 Å². The Labute approximate surface area is 91.7 Å². The summed E-state index contributed by atoms with van der Waals surface area (Å²) >= 11 is 0. The first kappa shape index (κ1) is 10.6. The van der Waals surface area contributed by atoms with Gasteiger partial charge in [-0.2, -0.15) is 0 Å². The quantitative estimate of drug-likeness (QED) is 0.765. The van der Waals surface area contributed by atoms with Crippen molar-refractivity contribution in [1.82, 2.24) is 14.4 Å². The number of hydrogen-bond donors (Lipinski definition) is 2. The molecule has 2 heterocycles. The summed E-state index contributed by atoms with van der Waals surface area (Å²) in [6, 6.07) is 0.685. The largest absolute Gasteiger partial charge is 0.480 e. The molecule has 3 N–H and O–H groups in total. The second kappa shape index (κ2) is 3.57. The van der Waals surface area contributed by atoms with Crippen molar-refractivity contribution in [3.05, 3.63) is 29.5 Å². The Bertz CT molecular complexity index is 561. The summed E-state index contributed by atoms with van der Waals surface area (Å²) in [5.74, 6) is -0.336. The van der Waals surface area contributed by atoms with E-state index in [-0.39, 0.29) is 0 Å². The van der Waals surface area contributed by atoms with Crippen molar-refractivity contribution < 1.29 is 9.90 Å². The SMILES string of the molecule is Cc1cc2nc(C(N)C(=O)O)cn2c(C)n1. The molecule has 1 atom stereocenters. The van der Waals surface area contributed by atoms with Crippen LogP contribution in [-0.4, -0.2) is 25.4 Å². The molecule has 0 saturated carbocycles. The van der Waals surface area contributed by atoms with E-state index in [9.17, 15) is 4.79 Å². The zero-order chi connectivity index (χ0) is 11.9. The molecule has 2 aromatic rings. The average Bonchev–Trinajstić information content (AvgIpc) is 2.60. The standard InChI is InChI=1S/C10H12N4O2/c1-5-3-8-13-7(9(11)10(15)16)4-14(8)6(2)12-5/h3-4,9H,11H2,1-2H3,(H,15,16). The predicted molar refractivity (Wildman–Crippen MR) is 57.0 cm³/mol. The van der Waals surface area contributed by atoms with Gasteiger partial charge in [-0.05, 0) is 13.8 Å². The number of aliphatic carboxylic acids is 1. The number of nitrogens with two attached hydrogens (primary N) is 1. The van der Waals surface area contributed by atoms with E-state index in [1.807, 2.05) is 13.8 Å². The van der Waals surface area contributed by atoms with Crippen LogP contribution in [0, 0.1) is 13.8 Å². The molecule has 0 aliphatic carbocycles. The Kier molecular flexibility index (Phi) is 2.35. The maximum atomic E-state index is 10.7. The van der Waals surface area contributed by atoms with Gasteiger partial charge < -0.3 is 10.8 Å². The third kappa shape index (κ3) is 1.63. The van der Waals surface area contributed by atoms with E-state index in [2.05, 4.69) is 9.97 Å². The Morgan fingerprint density at radius 1 is 1.50 bits per heavy atom. The highest BCUT2D eigenvalue weighted by atomic mass is 16.4. The molecule has 0 fully saturated rings. The van der Waals surface area contributed by atoms with Crippen molar-refractivity contribution in [2.45, 2.75) is 19.9 Å². The highest BCUT2D eigenvalue weighted by Gasteiger charge is 2.18. The van der Waals surface area contributed by atoms with E-state index in [1.54, 1.807) is 16.7 Å². The normalized spacial score (nSPS) is 12.9. The molecule has 0 aliphatic rings. The smallest absolute Gasteiger partial charge is 0.326 e. The lowest BCUT2D eigenvalue weighted by Gasteiger charge is -1.99. The van der Waals surface area contributed by atoms with Crippen LogP contribution in [0.4, 0.5) is 0 Å². The molecule has 16 heavy (non-hydrogen) atoms. The van der Waals surface area contributed by atoms with Gasteiger partial charge >= 0.3 is 5.97 Å². The van der Waals surface area contributed by atoms with Gasteiger partial charge in [0.25, 0.3) is 0 Å². The Hall–Kier alpha value is -1.95. The molecule has 1 unspecified atom stereocenters. The number of carboxylic acids is 1. The van der Waals surface area contributed by atoms with Crippen molar-refractivity contribution >= 4 is 11.6 Å². The van der Waals surface area contributed by atoms with Gasteiger partial charge in [0.1, 0.15) is 17.5 Å². The first-order valence-corrected chi connectivity index (χ1v) is 4.80. The van der Waals surface area contributed by atoms with Gasteiger partial charge in [-0.3, -0.25) is 9.20 Å². The number of fused-ring (bicyclic) bond motifs is 1. The highest BCUT2D eigenvalue weighted by molar-refractivity contribution is 5.74. The van der Waals surface area contributed by atoms with Crippen LogP contribution in [0.1, 0.15) is 23.3 Å². The van der Waals surface area contributed by atoms with Crippen LogP contribution in [0.3, 0.4) is 0 Å². The molecule has 6 nitrogen and oxygen atoms in total. The molecule has 0 aromatic carbocycles. The number of rotatable bonds is 2. The Morgan fingerprint density at radius 2 is 2.19 bits per heavy atom. The molecule has 0 amide bonds. The number of aryl methyl sites for hydroxylation is 2. The molecule has 2 aromatic heterocycles. The van der Waals surface area contributed by atoms with E-state index in [4.69, 9.17) is 10.8 Å². The molecule has 0 radical (unpaired) electrons. The van der Waals surface area contributed by atoms with Crippen LogP contribution in [0.25, 0.3) is 5.65 Å². The number of carbonyl (C=O) groups is 1. The molecular formula is C10H12N4O2. The maximum Gasteiger partial charge on any atom is 0.326 e. The molecule has 84 valence electrons. The molecule has 6 heteroatoms. The van der Waals surface area contributed by atoms with Crippen molar-refractivity contribution in [2.24, 2.45) is 5.73 Å². The minimum atomic E-state index is -1.10. The van der Waals surface area contributed by atoms with Crippen molar-refractivity contribution in [2.75, 3.05) is 0 Å². The third-order valence-electron chi connectivity index (χ3n) is 2.36. The van der Waals surface area contributed by atoms with Gasteiger partial charge in [0, 0.05) is 18.0 Å². The second-order valence-corrected chi connectivity index (χ2v) is 3.65. The first-order chi connectivity index (χ1) is 7.49. The molecule has 0 aliphatic heterocycles. The highest BCUT2D eigenvalue weighted by Crippen LogP contribution is 2.13. The molecule has 0 saturated heterocycles. The van der Waals surface area contributed by atoms with Crippen LogP contribution in [0.5, 0.6) is 0 Å². The minimum Gasteiger partial charge on any atom is -0.480 e. The van der Waals surface area contributed by atoms with Gasteiger partial charge in [0.15, 0.2) is 0 Å². The lowest BCUT2D eigenvalue weighted by atomic mass is 10.2. The minimum absolute atomic E-state index is 0.336. The van der Waals surface area contributed by atoms with Gasteiger partial charge in [0.2, 0.25) is 0 Å². The van der Waals surface area contributed by atoms with E-state index in [0.29, 0.717) is 11.3 Å². The summed E-state index contributed by atoms with van der Waals surface area (Å²) in [6.45, 7) is 3.69. The number of aromatic nitrogens is 3. The lowest BCUT2D eigenvalue weighted by molar-refractivity contribution is -0.138. The predicted octanol–water partition coefficient (Wildman–Crippen LogP) is 0.431. The summed E-state index contributed by atoms with van der Waals surface area (Å²) in [5.41, 5.74) is 7.33. The number of hydrogen-bond acceptors (Lipinski definition) is 4. The summed E-state index contributed by atoms with van der Waals surface area (Å²) in [4.78, 5) is 19.2. The van der Waals surface area contributed by atoms with Crippen molar-refractivity contribution in [3.8, 4) is 0 Å². The zero-order valence-electron chi connectivity index (χ0n) is 9.01. The molecule has 0 bridgehead atoms. The number of nitrogens with zero attached hydrogens (tertiary/aromatic N) is 3. The van der Waals surface area contributed by atoms with E-state index in [0.717, 1.165) is 11.5 Å². The third-order valence-corrected chi connectivity index (χ3v) is 2.36. The topological polar surface area (TPSA) is 93.5 Å². The fraction of sp³-hybridized carbons (Fsp3) is 0.300. The molecular weight excluding hydrogens is 208 g/mol. The summed E-state index contributed by atoms with van der Waals surface area (Å²) < 4.78 is 1.73. The summed E-state index contributed by atoms with van der Waals surface area (Å²) in [5, 5.41) is 8.79. The maximum absolute atomic E-state index is 10.7. The Balaban J connectivity index is 2.60. The van der Waals surface area contributed by atoms with Gasteiger partial charge in [-0.1, -0.05) is 0 Å². The summed E-state index contributed by atoms with van der Waals surface area (Å²) in [7, 11) is 0. The van der Waals surface area contributed by atoms with Crippen molar-refractivity contribution in [1.29, 1.82) is 0 Å². The van der Waals surface area contributed by atoms with Crippen LogP contribution in [0.2, 0.25) is 0 Å². The fourth-order valence-corrected chi connectivity index (χ4v) is 1.58. The monoisotopic (exact) mass is 220 g/mol. The van der Waals surface area contributed by atoms with E-state index >= 15 is 0 Å². The van der Waals surface area contributed by atoms with E-state index < -0.39 is 12.0 Å². The molecule has 2 rings (SSSR count). The Morgan fingerprint density at radius 3 is 2.81 bits per heavy atom. The zero-order valence-corrected chi connectivity index (χ0v) is 9.01. The number of imidazole rings is 1. The van der Waals surface area contributed by atoms with Gasteiger partial charge in [0.05, 0.1) is 5.69 Å². The van der Waals surface area contributed by atoms with Gasteiger partial charge in [-0.25, -0.2) is 9.97 Å². The lowest BCUT2D eigenvalue weighted by Crippen LogP contribution is -2.20. The van der Waals surface area contributed by atoms with Gasteiger partial charge in [-0.15, -0.1) is 0 Å². The fourth-order valence-electron chi connectivity index (χ4n) is 1.58. The van der Waals surface area contributed by atoms with Crippen LogP contribution < -0.4 is 5.73 Å². The number of carboxylic acid groups (broad SMARTS) is 1. The van der Waals surface area contributed by atoms with Crippen LogP contribution in [-0.2, 0) is 4.79 Å². The molecule has 0 spiro atoms. The average molecular weight is 220 g/mol. The van der Waals surface area contributed by atoms with Crippen LogP contribution in [0.15, 0.2) is 12.3 Å². The second-order valence-electron chi connectivity index (χ2n) is 3.65. The van der Waals surface area contributed by atoms with E-state index in [1.165, 1.54) is 0 Å². The summed E-state index contributed by atoms with van der Waals surface area (Å²) in [6.07, 6.45) is 1.61. The van der Waals surface area contributed by atoms with Crippen LogP contribution >= 0.6 is 0 Å².